The monoisotopic (exact) mass is 384 g/mol. The first-order valence-corrected chi connectivity index (χ1v) is 8.04. The van der Waals surface area contributed by atoms with Crippen LogP contribution in [0.3, 0.4) is 0 Å². The second kappa shape index (κ2) is 6.93. The van der Waals surface area contributed by atoms with Gasteiger partial charge in [-0.1, -0.05) is 40.9 Å². The lowest BCUT2D eigenvalue weighted by atomic mass is 10.2. The van der Waals surface area contributed by atoms with E-state index in [0.717, 1.165) is 5.56 Å². The van der Waals surface area contributed by atoms with Crippen LogP contribution in [0.2, 0.25) is 15.1 Å². The van der Waals surface area contributed by atoms with E-state index in [1.807, 2.05) is 0 Å². The molecule has 4 nitrogen and oxygen atoms in total. The second-order valence-electron chi connectivity index (χ2n) is 4.97. The topological polar surface area (TPSA) is 48.7 Å². The molecular weight excluding hydrogens is 375 g/mol. The number of esters is 1. The SMILES string of the molecule is CC(=O)Oc1coc2c(Cl)c(OCc3ccc(Cl)cc3Cl)ccc12. The fourth-order valence-electron chi connectivity index (χ4n) is 2.16. The lowest BCUT2D eigenvalue weighted by Crippen LogP contribution is -2.00. The summed E-state index contributed by atoms with van der Waals surface area (Å²) in [6.07, 6.45) is 1.33. The standard InChI is InChI=1S/C17H11Cl3O4/c1-9(21)24-15-8-23-17-12(15)4-5-14(16(17)20)22-7-10-2-3-11(18)6-13(10)19/h2-6,8H,7H2,1H3. The number of carbonyl (C=O) groups excluding carboxylic acids is 1. The number of hydrogen-bond donors (Lipinski definition) is 0. The molecule has 1 heterocycles. The molecular formula is C17H11Cl3O4. The minimum atomic E-state index is -0.438. The highest BCUT2D eigenvalue weighted by Gasteiger charge is 2.16. The van der Waals surface area contributed by atoms with Crippen molar-refractivity contribution in [2.24, 2.45) is 0 Å². The molecule has 2 aromatic carbocycles. The first-order valence-electron chi connectivity index (χ1n) is 6.90. The Morgan fingerprint density at radius 2 is 1.92 bits per heavy atom. The highest BCUT2D eigenvalue weighted by Crippen LogP contribution is 2.39. The predicted molar refractivity (Wildman–Crippen MR) is 93.3 cm³/mol. The van der Waals surface area contributed by atoms with Gasteiger partial charge in [-0.2, -0.15) is 0 Å². The Balaban J connectivity index is 1.85. The van der Waals surface area contributed by atoms with Gasteiger partial charge in [0.2, 0.25) is 0 Å². The van der Waals surface area contributed by atoms with Gasteiger partial charge in [-0.3, -0.25) is 4.79 Å². The van der Waals surface area contributed by atoms with E-state index < -0.39 is 5.97 Å². The van der Waals surface area contributed by atoms with Crippen molar-refractivity contribution in [2.75, 3.05) is 0 Å². The van der Waals surface area contributed by atoms with Crippen LogP contribution in [0.15, 0.2) is 41.0 Å². The van der Waals surface area contributed by atoms with Crippen molar-refractivity contribution in [2.45, 2.75) is 13.5 Å². The van der Waals surface area contributed by atoms with Gasteiger partial charge in [0.15, 0.2) is 11.3 Å². The fraction of sp³-hybridized carbons (Fsp3) is 0.118. The molecule has 0 aliphatic carbocycles. The summed E-state index contributed by atoms with van der Waals surface area (Å²) in [5, 5.41) is 1.94. The van der Waals surface area contributed by atoms with Crippen LogP contribution >= 0.6 is 34.8 Å². The Labute approximate surface area is 152 Å². The maximum Gasteiger partial charge on any atom is 0.308 e. The van der Waals surface area contributed by atoms with E-state index in [4.69, 9.17) is 48.7 Å². The Morgan fingerprint density at radius 3 is 2.62 bits per heavy atom. The molecule has 0 aliphatic heterocycles. The quantitative estimate of drug-likeness (QED) is 0.525. The molecule has 3 aromatic rings. The van der Waals surface area contributed by atoms with Crippen LogP contribution in [0.5, 0.6) is 11.5 Å². The van der Waals surface area contributed by atoms with E-state index in [1.54, 1.807) is 30.3 Å². The molecule has 0 N–H and O–H groups in total. The molecule has 0 unspecified atom stereocenters. The fourth-order valence-corrected chi connectivity index (χ4v) is 2.89. The summed E-state index contributed by atoms with van der Waals surface area (Å²) in [6, 6.07) is 8.54. The zero-order valence-corrected chi connectivity index (χ0v) is 14.7. The average Bonchev–Trinajstić information content (AvgIpc) is 2.91. The van der Waals surface area contributed by atoms with Gasteiger partial charge < -0.3 is 13.9 Å². The zero-order valence-electron chi connectivity index (χ0n) is 12.4. The van der Waals surface area contributed by atoms with Gasteiger partial charge in [-0.15, -0.1) is 0 Å². The summed E-state index contributed by atoms with van der Waals surface area (Å²) < 4.78 is 16.2. The van der Waals surface area contributed by atoms with Gasteiger partial charge in [-0.05, 0) is 24.3 Å². The van der Waals surface area contributed by atoms with Crippen LogP contribution in [0.25, 0.3) is 11.0 Å². The summed E-state index contributed by atoms with van der Waals surface area (Å²) >= 11 is 18.3. The first-order chi connectivity index (χ1) is 11.5. The van der Waals surface area contributed by atoms with Crippen LogP contribution < -0.4 is 9.47 Å². The highest BCUT2D eigenvalue weighted by molar-refractivity contribution is 6.36. The normalized spacial score (nSPS) is 10.8. The number of benzene rings is 2. The van der Waals surface area contributed by atoms with Gasteiger partial charge in [0.1, 0.15) is 23.6 Å². The second-order valence-corrected chi connectivity index (χ2v) is 6.19. The third-order valence-corrected chi connectivity index (χ3v) is 4.21. The highest BCUT2D eigenvalue weighted by atomic mass is 35.5. The molecule has 0 spiro atoms. The molecule has 0 amide bonds. The maximum atomic E-state index is 11.1. The van der Waals surface area contributed by atoms with Crippen molar-refractivity contribution in [3.63, 3.8) is 0 Å². The van der Waals surface area contributed by atoms with Crippen LogP contribution in [0.1, 0.15) is 12.5 Å². The van der Waals surface area contributed by atoms with E-state index in [-0.39, 0.29) is 11.6 Å². The molecule has 0 radical (unpaired) electrons. The van der Waals surface area contributed by atoms with Gasteiger partial charge in [0.05, 0.1) is 5.39 Å². The van der Waals surface area contributed by atoms with Crippen molar-refractivity contribution in [3.8, 4) is 11.5 Å². The van der Waals surface area contributed by atoms with E-state index in [0.29, 0.717) is 32.5 Å². The molecule has 0 atom stereocenters. The molecule has 0 saturated carbocycles. The number of fused-ring (bicyclic) bond motifs is 1. The number of ether oxygens (including phenoxy) is 2. The summed E-state index contributed by atoms with van der Waals surface area (Å²) in [5.41, 5.74) is 1.16. The van der Waals surface area contributed by atoms with Crippen molar-refractivity contribution in [1.29, 1.82) is 0 Å². The minimum absolute atomic E-state index is 0.221. The predicted octanol–water partition coefficient (Wildman–Crippen LogP) is 5.90. The maximum absolute atomic E-state index is 11.1. The lowest BCUT2D eigenvalue weighted by molar-refractivity contribution is -0.131. The van der Waals surface area contributed by atoms with Gasteiger partial charge in [0, 0.05) is 22.5 Å². The molecule has 7 heteroatoms. The molecule has 1 aromatic heterocycles. The Kier molecular flexibility index (Phi) is 4.90. The molecule has 124 valence electrons. The molecule has 0 aliphatic rings. The Hall–Kier alpha value is -1.88. The number of halogens is 3. The summed E-state index contributed by atoms with van der Waals surface area (Å²) in [4.78, 5) is 11.1. The molecule has 0 bridgehead atoms. The molecule has 3 rings (SSSR count). The van der Waals surface area contributed by atoms with Gasteiger partial charge >= 0.3 is 5.97 Å². The average molecular weight is 386 g/mol. The summed E-state index contributed by atoms with van der Waals surface area (Å²) in [6.45, 7) is 1.53. The minimum Gasteiger partial charge on any atom is -0.487 e. The Morgan fingerprint density at radius 1 is 1.12 bits per heavy atom. The number of carbonyl (C=O) groups is 1. The third kappa shape index (κ3) is 3.46. The van der Waals surface area contributed by atoms with Gasteiger partial charge in [0.25, 0.3) is 0 Å². The van der Waals surface area contributed by atoms with E-state index in [2.05, 4.69) is 0 Å². The number of rotatable bonds is 4. The van der Waals surface area contributed by atoms with Crippen molar-refractivity contribution >= 4 is 51.7 Å². The van der Waals surface area contributed by atoms with Crippen molar-refractivity contribution in [3.05, 3.63) is 57.2 Å². The number of furan rings is 1. The van der Waals surface area contributed by atoms with E-state index in [9.17, 15) is 4.79 Å². The Bertz CT molecular complexity index is 918. The smallest absolute Gasteiger partial charge is 0.308 e. The third-order valence-electron chi connectivity index (χ3n) is 3.26. The molecule has 0 fully saturated rings. The van der Waals surface area contributed by atoms with Gasteiger partial charge in [-0.25, -0.2) is 0 Å². The lowest BCUT2D eigenvalue weighted by Gasteiger charge is -2.10. The summed E-state index contributed by atoms with van der Waals surface area (Å²) in [5.74, 6) is 0.303. The van der Waals surface area contributed by atoms with Crippen molar-refractivity contribution in [1.82, 2.24) is 0 Å². The van der Waals surface area contributed by atoms with Crippen LogP contribution in [0.4, 0.5) is 0 Å². The molecule has 24 heavy (non-hydrogen) atoms. The first kappa shape index (κ1) is 17.0. The van der Waals surface area contributed by atoms with Crippen LogP contribution in [-0.4, -0.2) is 5.97 Å². The van der Waals surface area contributed by atoms with Crippen molar-refractivity contribution < 1.29 is 18.7 Å². The van der Waals surface area contributed by atoms with E-state index in [1.165, 1.54) is 13.2 Å². The largest absolute Gasteiger partial charge is 0.487 e. The summed E-state index contributed by atoms with van der Waals surface area (Å²) in [7, 11) is 0. The van der Waals surface area contributed by atoms with E-state index >= 15 is 0 Å². The van der Waals surface area contributed by atoms with Crippen LogP contribution in [0, 0.1) is 0 Å². The zero-order chi connectivity index (χ0) is 17.3. The van der Waals surface area contributed by atoms with Crippen LogP contribution in [-0.2, 0) is 11.4 Å². The molecule has 0 saturated heterocycles. The number of hydrogen-bond acceptors (Lipinski definition) is 4.